The molecular formula is C20H25ClN4O. The zero-order valence-corrected chi connectivity index (χ0v) is 15.9. The van der Waals surface area contributed by atoms with Gasteiger partial charge in [0.25, 0.3) is 0 Å². The molecule has 0 radical (unpaired) electrons. The molecule has 1 amide bonds. The highest BCUT2D eigenvalue weighted by molar-refractivity contribution is 6.31. The van der Waals surface area contributed by atoms with Crippen LogP contribution in [0, 0.1) is 12.8 Å². The quantitative estimate of drug-likeness (QED) is 0.828. The summed E-state index contributed by atoms with van der Waals surface area (Å²) >= 11 is 6.06. The molecule has 5 rings (SSSR count). The van der Waals surface area contributed by atoms with Gasteiger partial charge in [0.2, 0.25) is 5.91 Å². The maximum Gasteiger partial charge on any atom is 0.244 e. The summed E-state index contributed by atoms with van der Waals surface area (Å²) in [4.78, 5) is 17.4. The normalized spacial score (nSPS) is 23.2. The number of piperidine rings is 1. The van der Waals surface area contributed by atoms with Crippen molar-refractivity contribution in [1.29, 1.82) is 0 Å². The lowest BCUT2D eigenvalue weighted by Gasteiger charge is -2.36. The van der Waals surface area contributed by atoms with Gasteiger partial charge in [-0.1, -0.05) is 41.9 Å². The van der Waals surface area contributed by atoms with Gasteiger partial charge in [-0.3, -0.25) is 14.4 Å². The molecule has 5 nitrogen and oxygen atoms in total. The van der Waals surface area contributed by atoms with Crippen LogP contribution in [-0.4, -0.2) is 51.2 Å². The Morgan fingerprint density at radius 2 is 2.00 bits per heavy atom. The molecule has 26 heavy (non-hydrogen) atoms. The van der Waals surface area contributed by atoms with Gasteiger partial charge in [0, 0.05) is 38.4 Å². The number of carbonyl (C=O) groups excluding carboxylic acids is 1. The summed E-state index contributed by atoms with van der Waals surface area (Å²) in [7, 11) is 0. The first-order valence-corrected chi connectivity index (χ1v) is 9.71. The molecule has 2 atom stereocenters. The predicted molar refractivity (Wildman–Crippen MR) is 102 cm³/mol. The monoisotopic (exact) mass is 372 g/mol. The van der Waals surface area contributed by atoms with E-state index in [9.17, 15) is 4.79 Å². The topological polar surface area (TPSA) is 41.4 Å². The molecule has 1 aromatic carbocycles. The lowest BCUT2D eigenvalue weighted by Crippen LogP contribution is -2.44. The first kappa shape index (κ1) is 17.6. The number of halogens is 1. The largest absolute Gasteiger partial charge is 0.339 e. The highest BCUT2D eigenvalue weighted by Crippen LogP contribution is 2.29. The van der Waals surface area contributed by atoms with Crippen molar-refractivity contribution in [3.63, 3.8) is 0 Å². The summed E-state index contributed by atoms with van der Waals surface area (Å²) in [6.07, 6.45) is 4.13. The van der Waals surface area contributed by atoms with Crippen LogP contribution in [0.4, 0.5) is 0 Å². The van der Waals surface area contributed by atoms with Crippen LogP contribution >= 0.6 is 11.6 Å². The van der Waals surface area contributed by atoms with E-state index >= 15 is 0 Å². The Morgan fingerprint density at radius 1 is 1.19 bits per heavy atom. The number of aryl methyl sites for hydroxylation is 1. The first-order chi connectivity index (χ1) is 12.6. The lowest BCUT2D eigenvalue weighted by atomic mass is 9.94. The summed E-state index contributed by atoms with van der Waals surface area (Å²) in [6, 6.07) is 11.1. The van der Waals surface area contributed by atoms with E-state index in [2.05, 4.69) is 40.3 Å². The third-order valence-corrected chi connectivity index (χ3v) is 5.96. The number of amides is 1. The van der Waals surface area contributed by atoms with Gasteiger partial charge in [0.1, 0.15) is 6.54 Å². The fourth-order valence-corrected chi connectivity index (χ4v) is 4.36. The van der Waals surface area contributed by atoms with Crippen LogP contribution in [0.3, 0.4) is 0 Å². The summed E-state index contributed by atoms with van der Waals surface area (Å²) in [5.41, 5.74) is 2.11. The van der Waals surface area contributed by atoms with Crippen molar-refractivity contribution < 1.29 is 4.79 Å². The predicted octanol–water partition coefficient (Wildman–Crippen LogP) is 2.97. The van der Waals surface area contributed by atoms with E-state index in [4.69, 9.17) is 11.6 Å². The van der Waals surface area contributed by atoms with Crippen LogP contribution in [0.15, 0.2) is 36.5 Å². The maximum atomic E-state index is 12.8. The molecule has 6 heteroatoms. The zero-order chi connectivity index (χ0) is 18.1. The van der Waals surface area contributed by atoms with E-state index in [1.54, 1.807) is 10.9 Å². The van der Waals surface area contributed by atoms with E-state index in [0.717, 1.165) is 31.9 Å². The second-order valence-electron chi connectivity index (χ2n) is 7.57. The second-order valence-corrected chi connectivity index (χ2v) is 7.98. The molecule has 3 fully saturated rings. The fraction of sp³-hybridized carbons (Fsp3) is 0.500. The Bertz CT molecular complexity index is 756. The van der Waals surface area contributed by atoms with Gasteiger partial charge >= 0.3 is 0 Å². The second kappa shape index (κ2) is 7.41. The number of fused-ring (bicyclic) bond motifs is 4. The number of benzene rings is 1. The number of aromatic nitrogens is 2. The highest BCUT2D eigenvalue weighted by atomic mass is 35.5. The van der Waals surface area contributed by atoms with Crippen molar-refractivity contribution in [3.8, 4) is 0 Å². The summed E-state index contributed by atoms with van der Waals surface area (Å²) in [6.45, 7) is 5.85. The smallest absolute Gasteiger partial charge is 0.244 e. The van der Waals surface area contributed by atoms with Crippen molar-refractivity contribution in [2.24, 2.45) is 5.92 Å². The molecule has 2 bridgehead atoms. The summed E-state index contributed by atoms with van der Waals surface area (Å²) < 4.78 is 1.66. The number of nitrogens with zero attached hydrogens (tertiary/aromatic N) is 4. The van der Waals surface area contributed by atoms with E-state index in [-0.39, 0.29) is 12.5 Å². The Kier molecular flexibility index (Phi) is 5.00. The number of hydrogen-bond acceptors (Lipinski definition) is 3. The third-order valence-electron chi connectivity index (χ3n) is 5.59. The van der Waals surface area contributed by atoms with E-state index < -0.39 is 0 Å². The van der Waals surface area contributed by atoms with Gasteiger partial charge in [-0.05, 0) is 31.2 Å². The third kappa shape index (κ3) is 3.79. The molecule has 138 valence electrons. The summed E-state index contributed by atoms with van der Waals surface area (Å²) in [5, 5.41) is 4.93. The van der Waals surface area contributed by atoms with Crippen LogP contribution in [0.25, 0.3) is 0 Å². The minimum atomic E-state index is 0.141. The van der Waals surface area contributed by atoms with Crippen LogP contribution < -0.4 is 0 Å². The number of rotatable bonds is 4. The van der Waals surface area contributed by atoms with Gasteiger partial charge in [-0.15, -0.1) is 0 Å². The van der Waals surface area contributed by atoms with E-state index in [0.29, 0.717) is 17.0 Å². The Hall–Kier alpha value is -1.85. The molecule has 4 heterocycles. The first-order valence-electron chi connectivity index (χ1n) is 9.34. The molecule has 3 saturated heterocycles. The van der Waals surface area contributed by atoms with E-state index in [1.165, 1.54) is 18.4 Å². The molecule has 0 saturated carbocycles. The van der Waals surface area contributed by atoms with Crippen molar-refractivity contribution >= 4 is 17.5 Å². The number of carbonyl (C=O) groups is 1. The van der Waals surface area contributed by atoms with Gasteiger partial charge in [0.05, 0.1) is 10.7 Å². The Labute approximate surface area is 159 Å². The van der Waals surface area contributed by atoms with Gasteiger partial charge in [-0.25, -0.2) is 0 Å². The maximum absolute atomic E-state index is 12.8. The molecule has 3 aliphatic heterocycles. The Morgan fingerprint density at radius 3 is 2.73 bits per heavy atom. The molecule has 3 aliphatic rings. The van der Waals surface area contributed by atoms with Crippen LogP contribution in [0.5, 0.6) is 0 Å². The number of hydrogen-bond donors (Lipinski definition) is 0. The van der Waals surface area contributed by atoms with Gasteiger partial charge in [0.15, 0.2) is 0 Å². The highest BCUT2D eigenvalue weighted by Gasteiger charge is 2.36. The van der Waals surface area contributed by atoms with E-state index in [1.807, 2.05) is 11.8 Å². The molecule has 0 N–H and O–H groups in total. The van der Waals surface area contributed by atoms with Crippen molar-refractivity contribution in [1.82, 2.24) is 19.6 Å². The average Bonchev–Trinajstić information content (AvgIpc) is 2.81. The minimum absolute atomic E-state index is 0.141. The van der Waals surface area contributed by atoms with Crippen molar-refractivity contribution in [3.05, 3.63) is 52.8 Å². The molecule has 2 aromatic rings. The SMILES string of the molecule is Cc1nn(CC(=O)N2C[C@H]3CC[C@@H](C2)N(Cc2ccccc2)C3)cc1Cl. The Balaban J connectivity index is 1.43. The molecular weight excluding hydrogens is 348 g/mol. The van der Waals surface area contributed by atoms with Crippen LogP contribution in [0.2, 0.25) is 5.02 Å². The molecule has 0 aliphatic carbocycles. The van der Waals surface area contributed by atoms with Gasteiger partial charge < -0.3 is 4.90 Å². The lowest BCUT2D eigenvalue weighted by molar-refractivity contribution is -0.132. The van der Waals surface area contributed by atoms with Gasteiger partial charge in [-0.2, -0.15) is 5.10 Å². The van der Waals surface area contributed by atoms with Crippen molar-refractivity contribution in [2.75, 3.05) is 19.6 Å². The standard InChI is InChI=1S/C20H25ClN4O/c1-15-19(21)13-25(22-15)14-20(26)24-11-17-7-8-18(12-24)23(10-17)9-16-5-3-2-4-6-16/h2-6,13,17-18H,7-12,14H2,1H3/t17-,18-/m0/s1. The average molecular weight is 373 g/mol. The summed E-state index contributed by atoms with van der Waals surface area (Å²) in [5.74, 6) is 0.701. The van der Waals surface area contributed by atoms with Crippen LogP contribution in [-0.2, 0) is 17.9 Å². The molecule has 1 aromatic heterocycles. The fourth-order valence-electron chi connectivity index (χ4n) is 4.21. The van der Waals surface area contributed by atoms with Crippen molar-refractivity contribution in [2.45, 2.75) is 38.9 Å². The zero-order valence-electron chi connectivity index (χ0n) is 15.1. The molecule has 0 unspecified atom stereocenters. The van der Waals surface area contributed by atoms with Crippen LogP contribution in [0.1, 0.15) is 24.1 Å². The molecule has 0 spiro atoms. The minimum Gasteiger partial charge on any atom is -0.339 e.